The Morgan fingerprint density at radius 3 is 2.57 bits per heavy atom. The minimum Gasteiger partial charge on any atom is -0.484 e. The Kier molecular flexibility index (Phi) is 7.25. The first-order valence-corrected chi connectivity index (χ1v) is 7.10. The van der Waals surface area contributed by atoms with E-state index in [2.05, 4.69) is 36.6 Å². The summed E-state index contributed by atoms with van der Waals surface area (Å²) >= 11 is 4.93. The van der Waals surface area contributed by atoms with E-state index in [9.17, 15) is 4.79 Å². The Labute approximate surface area is 130 Å². The number of hydrogen-bond donors (Lipinski definition) is 3. The number of carbonyl (C=O) groups is 1. The summed E-state index contributed by atoms with van der Waals surface area (Å²) in [4.78, 5) is 11.6. The number of benzene rings is 1. The van der Waals surface area contributed by atoms with Crippen LogP contribution >= 0.6 is 12.2 Å². The highest BCUT2D eigenvalue weighted by molar-refractivity contribution is 7.80. The summed E-state index contributed by atoms with van der Waals surface area (Å²) in [6, 6.07) is 7.69. The van der Waals surface area contributed by atoms with Crippen molar-refractivity contribution in [1.29, 1.82) is 0 Å². The van der Waals surface area contributed by atoms with Crippen molar-refractivity contribution in [2.24, 2.45) is 0 Å². The van der Waals surface area contributed by atoms with Gasteiger partial charge in [0.15, 0.2) is 11.7 Å². The summed E-state index contributed by atoms with van der Waals surface area (Å²) in [5, 5.41) is 3.15. The van der Waals surface area contributed by atoms with Crippen LogP contribution in [0.2, 0.25) is 0 Å². The Morgan fingerprint density at radius 2 is 2.00 bits per heavy atom. The Bertz CT molecular complexity index is 486. The fourth-order valence-corrected chi connectivity index (χ4v) is 1.60. The molecular formula is C15H21N3O2S. The van der Waals surface area contributed by atoms with E-state index in [0.29, 0.717) is 23.3 Å². The van der Waals surface area contributed by atoms with Crippen LogP contribution in [0.3, 0.4) is 0 Å². The first-order chi connectivity index (χ1) is 10.0. The molecule has 0 aromatic heterocycles. The van der Waals surface area contributed by atoms with Crippen LogP contribution in [0.25, 0.3) is 0 Å². The number of ether oxygens (including phenoxy) is 1. The molecule has 0 atom stereocenters. The van der Waals surface area contributed by atoms with Crippen LogP contribution in [-0.2, 0) is 4.79 Å². The molecule has 1 rings (SSSR count). The van der Waals surface area contributed by atoms with E-state index in [1.807, 2.05) is 24.3 Å². The van der Waals surface area contributed by atoms with E-state index < -0.39 is 0 Å². The topological polar surface area (TPSA) is 62.4 Å². The Hall–Kier alpha value is -2.08. The molecule has 114 valence electrons. The van der Waals surface area contributed by atoms with Crippen LogP contribution in [-0.4, -0.2) is 24.2 Å². The van der Waals surface area contributed by atoms with Gasteiger partial charge in [-0.05, 0) is 35.8 Å². The van der Waals surface area contributed by atoms with Gasteiger partial charge in [-0.15, -0.1) is 6.58 Å². The average Bonchev–Trinajstić information content (AvgIpc) is 2.49. The quantitative estimate of drug-likeness (QED) is 0.425. The molecular weight excluding hydrogens is 286 g/mol. The number of hydrazine groups is 1. The molecule has 0 heterocycles. The van der Waals surface area contributed by atoms with E-state index in [0.717, 1.165) is 0 Å². The molecule has 0 aliphatic heterocycles. The van der Waals surface area contributed by atoms with Crippen molar-refractivity contribution < 1.29 is 9.53 Å². The standard InChI is InChI=1S/C15H21N3O2S/c1-4-9-16-15(21)18-17-14(19)10-20-13-7-5-12(6-8-13)11(2)3/h4-8,11H,1,9-10H2,2-3H3,(H,17,19)(H2,16,18,21). The van der Waals surface area contributed by atoms with E-state index in [-0.39, 0.29) is 12.5 Å². The summed E-state index contributed by atoms with van der Waals surface area (Å²) in [6.07, 6.45) is 1.67. The minimum atomic E-state index is -0.314. The van der Waals surface area contributed by atoms with Crippen LogP contribution < -0.4 is 20.9 Å². The van der Waals surface area contributed by atoms with Gasteiger partial charge in [-0.1, -0.05) is 32.1 Å². The highest BCUT2D eigenvalue weighted by atomic mass is 32.1. The van der Waals surface area contributed by atoms with Crippen LogP contribution in [0.4, 0.5) is 0 Å². The molecule has 5 nitrogen and oxygen atoms in total. The lowest BCUT2D eigenvalue weighted by atomic mass is 10.0. The lowest BCUT2D eigenvalue weighted by Crippen LogP contribution is -2.48. The van der Waals surface area contributed by atoms with E-state index in [1.54, 1.807) is 6.08 Å². The summed E-state index contributed by atoms with van der Waals surface area (Å²) in [6.45, 7) is 8.24. The predicted molar refractivity (Wildman–Crippen MR) is 88.1 cm³/mol. The second kappa shape index (κ2) is 8.97. The minimum absolute atomic E-state index is 0.0852. The van der Waals surface area contributed by atoms with Crippen LogP contribution in [0.15, 0.2) is 36.9 Å². The van der Waals surface area contributed by atoms with Crippen molar-refractivity contribution >= 4 is 23.2 Å². The first-order valence-electron chi connectivity index (χ1n) is 6.69. The second-order valence-electron chi connectivity index (χ2n) is 4.68. The first kappa shape index (κ1) is 17.0. The highest BCUT2D eigenvalue weighted by Crippen LogP contribution is 2.18. The molecule has 0 radical (unpaired) electrons. The predicted octanol–water partition coefficient (Wildman–Crippen LogP) is 1.87. The molecule has 21 heavy (non-hydrogen) atoms. The van der Waals surface area contributed by atoms with Gasteiger partial charge in [0.1, 0.15) is 5.75 Å². The maximum atomic E-state index is 11.6. The average molecular weight is 307 g/mol. The molecule has 0 saturated carbocycles. The molecule has 0 spiro atoms. The van der Waals surface area contributed by atoms with E-state index in [4.69, 9.17) is 17.0 Å². The fourth-order valence-electron chi connectivity index (χ4n) is 1.47. The van der Waals surface area contributed by atoms with Crippen molar-refractivity contribution in [3.8, 4) is 5.75 Å². The van der Waals surface area contributed by atoms with Gasteiger partial charge in [0, 0.05) is 6.54 Å². The molecule has 1 amide bonds. The fraction of sp³-hybridized carbons (Fsp3) is 0.333. The lowest BCUT2D eigenvalue weighted by molar-refractivity contribution is -0.123. The van der Waals surface area contributed by atoms with E-state index >= 15 is 0 Å². The molecule has 6 heteroatoms. The number of carbonyl (C=O) groups excluding carboxylic acids is 1. The number of thiocarbonyl (C=S) groups is 1. The molecule has 1 aromatic carbocycles. The zero-order valence-electron chi connectivity index (χ0n) is 12.3. The SMILES string of the molecule is C=CCNC(=S)NNC(=O)COc1ccc(C(C)C)cc1. The largest absolute Gasteiger partial charge is 0.484 e. The molecule has 3 N–H and O–H groups in total. The maximum Gasteiger partial charge on any atom is 0.276 e. The van der Waals surface area contributed by atoms with Gasteiger partial charge in [-0.25, -0.2) is 0 Å². The van der Waals surface area contributed by atoms with Crippen LogP contribution in [0.5, 0.6) is 5.75 Å². The molecule has 0 fully saturated rings. The normalized spacial score (nSPS) is 9.86. The molecule has 0 saturated heterocycles. The van der Waals surface area contributed by atoms with Gasteiger partial charge in [-0.3, -0.25) is 15.6 Å². The Balaban J connectivity index is 2.29. The second-order valence-corrected chi connectivity index (χ2v) is 5.09. The maximum absolute atomic E-state index is 11.6. The zero-order chi connectivity index (χ0) is 15.7. The van der Waals surface area contributed by atoms with Crippen molar-refractivity contribution in [1.82, 2.24) is 16.2 Å². The molecule has 0 aliphatic carbocycles. The molecule has 0 unspecified atom stereocenters. The molecule has 0 aliphatic rings. The summed E-state index contributed by atoms with van der Waals surface area (Å²) in [7, 11) is 0. The number of amides is 1. The van der Waals surface area contributed by atoms with Crippen molar-refractivity contribution in [2.75, 3.05) is 13.2 Å². The third-order valence-electron chi connectivity index (χ3n) is 2.64. The third kappa shape index (κ3) is 6.76. The lowest BCUT2D eigenvalue weighted by Gasteiger charge is -2.11. The number of hydrogen-bond acceptors (Lipinski definition) is 3. The van der Waals surface area contributed by atoms with Gasteiger partial charge >= 0.3 is 0 Å². The van der Waals surface area contributed by atoms with Crippen LogP contribution in [0, 0.1) is 0 Å². The summed E-state index contributed by atoms with van der Waals surface area (Å²) in [5.41, 5.74) is 6.24. The van der Waals surface area contributed by atoms with Crippen molar-refractivity contribution in [3.63, 3.8) is 0 Å². The Morgan fingerprint density at radius 1 is 1.33 bits per heavy atom. The van der Waals surface area contributed by atoms with Crippen molar-refractivity contribution in [3.05, 3.63) is 42.5 Å². The zero-order valence-corrected chi connectivity index (χ0v) is 13.1. The third-order valence-corrected chi connectivity index (χ3v) is 2.89. The van der Waals surface area contributed by atoms with Gasteiger partial charge in [0.25, 0.3) is 5.91 Å². The van der Waals surface area contributed by atoms with Gasteiger partial charge in [-0.2, -0.15) is 0 Å². The smallest absolute Gasteiger partial charge is 0.276 e. The summed E-state index contributed by atoms with van der Waals surface area (Å²) < 4.78 is 5.38. The van der Waals surface area contributed by atoms with Gasteiger partial charge in [0.2, 0.25) is 0 Å². The van der Waals surface area contributed by atoms with Gasteiger partial charge in [0.05, 0.1) is 0 Å². The summed E-state index contributed by atoms with van der Waals surface area (Å²) in [5.74, 6) is 0.809. The molecule has 1 aromatic rings. The van der Waals surface area contributed by atoms with E-state index in [1.165, 1.54) is 5.56 Å². The number of rotatable bonds is 6. The number of nitrogens with one attached hydrogen (secondary N) is 3. The monoisotopic (exact) mass is 307 g/mol. The van der Waals surface area contributed by atoms with Gasteiger partial charge < -0.3 is 10.1 Å². The highest BCUT2D eigenvalue weighted by Gasteiger charge is 2.04. The van der Waals surface area contributed by atoms with Crippen LogP contribution in [0.1, 0.15) is 25.3 Å². The van der Waals surface area contributed by atoms with Crippen molar-refractivity contribution in [2.45, 2.75) is 19.8 Å². The molecule has 0 bridgehead atoms.